The molecule has 1 unspecified atom stereocenters. The molecule has 0 saturated heterocycles. The van der Waals surface area contributed by atoms with E-state index in [9.17, 15) is 14.7 Å². The molecule has 3 aromatic carbocycles. The van der Waals surface area contributed by atoms with Crippen LogP contribution in [0.5, 0.6) is 0 Å². The molecule has 0 bridgehead atoms. The van der Waals surface area contributed by atoms with Gasteiger partial charge in [-0.3, -0.25) is 9.59 Å². The number of esters is 2. The van der Waals surface area contributed by atoms with Crippen molar-refractivity contribution in [1.82, 2.24) is 0 Å². The lowest BCUT2D eigenvalue weighted by molar-refractivity contribution is -0.142. The van der Waals surface area contributed by atoms with Gasteiger partial charge in [-0.15, -0.1) is 0 Å². The number of carbonyl (C=O) groups excluding carboxylic acids is 2. The van der Waals surface area contributed by atoms with Crippen LogP contribution in [-0.2, 0) is 45.1 Å². The highest BCUT2D eigenvalue weighted by atomic mass is 16.5. The van der Waals surface area contributed by atoms with Gasteiger partial charge >= 0.3 is 11.9 Å². The maximum atomic E-state index is 12.1. The maximum Gasteiger partial charge on any atom is 0.313 e. The van der Waals surface area contributed by atoms with E-state index in [0.29, 0.717) is 6.42 Å². The Bertz CT molecular complexity index is 1020. The molecule has 0 fully saturated rings. The van der Waals surface area contributed by atoms with Gasteiger partial charge in [0.15, 0.2) is 0 Å². The number of aliphatic hydroxyl groups excluding tert-OH is 2. The molecule has 0 aliphatic heterocycles. The highest BCUT2D eigenvalue weighted by Crippen LogP contribution is 2.25. The first kappa shape index (κ1) is 25.8. The van der Waals surface area contributed by atoms with Gasteiger partial charge in [0, 0.05) is 0 Å². The van der Waals surface area contributed by atoms with Crippen molar-refractivity contribution < 1.29 is 29.3 Å². The third-order valence-electron chi connectivity index (χ3n) is 5.22. The van der Waals surface area contributed by atoms with E-state index in [0.717, 1.165) is 27.8 Å². The predicted molar refractivity (Wildman–Crippen MR) is 125 cm³/mol. The molecule has 0 amide bonds. The normalized spacial score (nSPS) is 11.0. The Balaban J connectivity index is 0.000000257. The van der Waals surface area contributed by atoms with Crippen molar-refractivity contribution in [1.29, 1.82) is 0 Å². The van der Waals surface area contributed by atoms with Crippen molar-refractivity contribution in [3.63, 3.8) is 0 Å². The van der Waals surface area contributed by atoms with E-state index in [-0.39, 0.29) is 31.6 Å². The Hall–Kier alpha value is -3.48. The number of aliphatic hydroxyl groups is 2. The molecule has 6 heteroatoms. The standard InChI is InChI=1S/C17H18O3.C10H12O3/c1-20-17(19)16(11-13-7-3-2-4-8-13)15-10-6-5-9-14(15)12-18;1-13-10(12)6-8-4-2-3-5-9(8)7-11/h2-10,16,18H,11-12H2,1H3;2-5,11H,6-7H2,1H3. The summed E-state index contributed by atoms with van der Waals surface area (Å²) in [6.07, 6.45) is 0.776. The number of rotatable bonds is 8. The number of hydrogen-bond donors (Lipinski definition) is 2. The quantitative estimate of drug-likeness (QED) is 0.510. The fraction of sp³-hybridized carbons (Fsp3) is 0.259. The summed E-state index contributed by atoms with van der Waals surface area (Å²) < 4.78 is 9.45. The Morgan fingerprint density at radius 1 is 0.727 bits per heavy atom. The molecule has 1 atom stereocenters. The molecular formula is C27H30O6. The van der Waals surface area contributed by atoms with Crippen molar-refractivity contribution in [2.24, 2.45) is 0 Å². The zero-order valence-corrected chi connectivity index (χ0v) is 18.9. The van der Waals surface area contributed by atoms with Gasteiger partial charge in [0.2, 0.25) is 0 Å². The maximum absolute atomic E-state index is 12.1. The van der Waals surface area contributed by atoms with E-state index in [1.165, 1.54) is 14.2 Å². The molecular weight excluding hydrogens is 420 g/mol. The highest BCUT2D eigenvalue weighted by molar-refractivity contribution is 5.79. The van der Waals surface area contributed by atoms with E-state index >= 15 is 0 Å². The Morgan fingerprint density at radius 3 is 1.85 bits per heavy atom. The second-order valence-electron chi connectivity index (χ2n) is 7.30. The molecule has 3 rings (SSSR count). The third kappa shape index (κ3) is 7.86. The largest absolute Gasteiger partial charge is 0.469 e. The minimum absolute atomic E-state index is 0.0484. The Kier molecular flexibility index (Phi) is 10.8. The molecule has 0 aliphatic rings. The van der Waals surface area contributed by atoms with E-state index in [2.05, 4.69) is 4.74 Å². The van der Waals surface area contributed by atoms with Gasteiger partial charge in [-0.25, -0.2) is 0 Å². The molecule has 0 heterocycles. The second kappa shape index (κ2) is 13.8. The molecule has 2 N–H and O–H groups in total. The van der Waals surface area contributed by atoms with Crippen LogP contribution in [0.3, 0.4) is 0 Å². The topological polar surface area (TPSA) is 93.1 Å². The van der Waals surface area contributed by atoms with Crippen LogP contribution in [0.1, 0.15) is 33.7 Å². The van der Waals surface area contributed by atoms with Crippen LogP contribution in [0.2, 0.25) is 0 Å². The van der Waals surface area contributed by atoms with Gasteiger partial charge in [-0.05, 0) is 34.2 Å². The van der Waals surface area contributed by atoms with Gasteiger partial charge in [-0.1, -0.05) is 78.9 Å². The summed E-state index contributed by atoms with van der Waals surface area (Å²) in [6, 6.07) is 24.5. The fourth-order valence-corrected chi connectivity index (χ4v) is 3.44. The summed E-state index contributed by atoms with van der Waals surface area (Å²) in [5.74, 6) is -0.971. The smallest absolute Gasteiger partial charge is 0.313 e. The Labute approximate surface area is 194 Å². The molecule has 33 heavy (non-hydrogen) atoms. The van der Waals surface area contributed by atoms with Crippen molar-refractivity contribution in [2.75, 3.05) is 14.2 Å². The lowest BCUT2D eigenvalue weighted by Crippen LogP contribution is -2.18. The molecule has 174 valence electrons. The van der Waals surface area contributed by atoms with Gasteiger partial charge in [0.05, 0.1) is 39.8 Å². The van der Waals surface area contributed by atoms with Crippen LogP contribution in [0, 0.1) is 0 Å². The molecule has 0 saturated carbocycles. The summed E-state index contributed by atoms with van der Waals surface area (Å²) >= 11 is 0. The summed E-state index contributed by atoms with van der Waals surface area (Å²) in [5.41, 5.74) is 4.24. The average Bonchev–Trinajstić information content (AvgIpc) is 2.88. The third-order valence-corrected chi connectivity index (χ3v) is 5.22. The number of hydrogen-bond acceptors (Lipinski definition) is 6. The van der Waals surface area contributed by atoms with E-state index in [1.807, 2.05) is 72.8 Å². The molecule has 0 radical (unpaired) electrons. The molecule has 0 aliphatic carbocycles. The predicted octanol–water partition coefficient (Wildman–Crippen LogP) is 3.57. The van der Waals surface area contributed by atoms with Crippen LogP contribution in [-0.4, -0.2) is 36.4 Å². The van der Waals surface area contributed by atoms with Crippen molar-refractivity contribution in [2.45, 2.75) is 32.0 Å². The van der Waals surface area contributed by atoms with Crippen LogP contribution < -0.4 is 0 Å². The van der Waals surface area contributed by atoms with Crippen molar-refractivity contribution >= 4 is 11.9 Å². The molecule has 3 aromatic rings. The minimum Gasteiger partial charge on any atom is -0.469 e. The first-order chi connectivity index (χ1) is 16.0. The molecule has 0 aromatic heterocycles. The molecule has 0 spiro atoms. The number of carbonyl (C=O) groups is 2. The molecule has 6 nitrogen and oxygen atoms in total. The zero-order chi connectivity index (χ0) is 24.1. The summed E-state index contributed by atoms with van der Waals surface area (Å²) in [6.45, 7) is -0.133. The average molecular weight is 451 g/mol. The second-order valence-corrected chi connectivity index (χ2v) is 7.30. The van der Waals surface area contributed by atoms with Crippen LogP contribution in [0.15, 0.2) is 78.9 Å². The first-order valence-corrected chi connectivity index (χ1v) is 10.6. The minimum atomic E-state index is -0.397. The van der Waals surface area contributed by atoms with Gasteiger partial charge in [-0.2, -0.15) is 0 Å². The van der Waals surface area contributed by atoms with Crippen molar-refractivity contribution in [3.05, 3.63) is 107 Å². The van der Waals surface area contributed by atoms with E-state index in [1.54, 1.807) is 6.07 Å². The lowest BCUT2D eigenvalue weighted by Gasteiger charge is -2.18. The summed E-state index contributed by atoms with van der Waals surface area (Å²) in [4.78, 5) is 23.0. The van der Waals surface area contributed by atoms with Crippen LogP contribution in [0.4, 0.5) is 0 Å². The zero-order valence-electron chi connectivity index (χ0n) is 18.9. The van der Waals surface area contributed by atoms with E-state index < -0.39 is 5.92 Å². The van der Waals surface area contributed by atoms with Gasteiger partial charge < -0.3 is 19.7 Å². The van der Waals surface area contributed by atoms with Crippen molar-refractivity contribution in [3.8, 4) is 0 Å². The van der Waals surface area contributed by atoms with Gasteiger partial charge in [0.1, 0.15) is 0 Å². The van der Waals surface area contributed by atoms with E-state index in [4.69, 9.17) is 9.84 Å². The number of ether oxygens (including phenoxy) is 2. The first-order valence-electron chi connectivity index (χ1n) is 10.6. The monoisotopic (exact) mass is 450 g/mol. The Morgan fingerprint density at radius 2 is 1.27 bits per heavy atom. The lowest BCUT2D eigenvalue weighted by atomic mass is 9.89. The summed E-state index contributed by atoms with van der Waals surface area (Å²) in [7, 11) is 2.74. The highest BCUT2D eigenvalue weighted by Gasteiger charge is 2.24. The van der Waals surface area contributed by atoms with Gasteiger partial charge in [0.25, 0.3) is 0 Å². The fourth-order valence-electron chi connectivity index (χ4n) is 3.44. The number of methoxy groups -OCH3 is 2. The number of benzene rings is 3. The summed E-state index contributed by atoms with van der Waals surface area (Å²) in [5, 5.41) is 18.4. The van der Waals surface area contributed by atoms with Crippen LogP contribution in [0.25, 0.3) is 0 Å². The van der Waals surface area contributed by atoms with Crippen LogP contribution >= 0.6 is 0 Å². The SMILES string of the molecule is COC(=O)C(Cc1ccccc1)c1ccccc1CO.COC(=O)Cc1ccccc1CO.